The average molecular weight is 246 g/mol. The van der Waals surface area contributed by atoms with Crippen LogP contribution in [0.25, 0.3) is 0 Å². The molecule has 1 rings (SSSR count). The summed E-state index contributed by atoms with van der Waals surface area (Å²) in [4.78, 5) is 10.8. The van der Waals surface area contributed by atoms with Crippen molar-refractivity contribution in [3.63, 3.8) is 0 Å². The van der Waals surface area contributed by atoms with E-state index < -0.39 is 5.91 Å². The number of nitriles is 1. The molecule has 0 saturated carbocycles. The fourth-order valence-corrected chi connectivity index (χ4v) is 1.75. The van der Waals surface area contributed by atoms with E-state index in [1.54, 1.807) is 7.11 Å². The summed E-state index contributed by atoms with van der Waals surface area (Å²) >= 11 is 0. The number of benzene rings is 1. The van der Waals surface area contributed by atoms with Crippen LogP contribution in [0.1, 0.15) is 30.9 Å². The van der Waals surface area contributed by atoms with Gasteiger partial charge in [-0.2, -0.15) is 5.26 Å². The van der Waals surface area contributed by atoms with Gasteiger partial charge in [0, 0.05) is 6.54 Å². The Morgan fingerprint density at radius 1 is 1.50 bits per heavy atom. The Balaban J connectivity index is 2.71. The number of carbonyl (C=O) groups excluding carboxylic acids is 1. The van der Waals surface area contributed by atoms with Gasteiger partial charge in [-0.15, -0.1) is 0 Å². The molecule has 0 unspecified atom stereocenters. The van der Waals surface area contributed by atoms with E-state index >= 15 is 0 Å². The molecule has 0 aliphatic rings. The Kier molecular flexibility index (Phi) is 5.19. The second-order valence-corrected chi connectivity index (χ2v) is 4.35. The van der Waals surface area contributed by atoms with E-state index in [4.69, 9.17) is 10.00 Å². The van der Waals surface area contributed by atoms with Crippen molar-refractivity contribution in [3.8, 4) is 11.8 Å². The van der Waals surface area contributed by atoms with Crippen molar-refractivity contribution >= 4 is 5.91 Å². The van der Waals surface area contributed by atoms with Gasteiger partial charge in [-0.1, -0.05) is 26.0 Å². The van der Waals surface area contributed by atoms with Crippen molar-refractivity contribution in [2.75, 3.05) is 13.7 Å². The van der Waals surface area contributed by atoms with Crippen molar-refractivity contribution in [3.05, 3.63) is 29.3 Å². The summed E-state index contributed by atoms with van der Waals surface area (Å²) in [7, 11) is 1.66. The maximum atomic E-state index is 10.8. The second kappa shape index (κ2) is 6.65. The minimum Gasteiger partial charge on any atom is -0.496 e. The van der Waals surface area contributed by atoms with Crippen LogP contribution in [-0.2, 0) is 11.2 Å². The maximum Gasteiger partial charge on any atom is 0.322 e. The molecule has 1 aromatic carbocycles. The quantitative estimate of drug-likeness (QED) is 0.808. The van der Waals surface area contributed by atoms with Crippen LogP contribution in [-0.4, -0.2) is 19.6 Å². The lowest BCUT2D eigenvalue weighted by Crippen LogP contribution is -2.23. The zero-order chi connectivity index (χ0) is 13.5. The number of methoxy groups -OCH3 is 1. The smallest absolute Gasteiger partial charge is 0.322 e. The molecule has 0 aliphatic carbocycles. The third kappa shape index (κ3) is 3.77. The van der Waals surface area contributed by atoms with Gasteiger partial charge < -0.3 is 10.1 Å². The van der Waals surface area contributed by atoms with Crippen LogP contribution >= 0.6 is 0 Å². The fraction of sp³-hybridized carbons (Fsp3) is 0.429. The summed E-state index contributed by atoms with van der Waals surface area (Å²) in [5, 5.41) is 10.9. The van der Waals surface area contributed by atoms with Crippen molar-refractivity contribution in [1.29, 1.82) is 5.26 Å². The first kappa shape index (κ1) is 14.0. The van der Waals surface area contributed by atoms with Gasteiger partial charge >= 0.3 is 5.91 Å². The number of nitrogens with zero attached hydrogens (tertiary/aromatic N) is 1. The molecule has 0 spiro atoms. The summed E-state index contributed by atoms with van der Waals surface area (Å²) < 4.78 is 5.31. The third-order valence-electron chi connectivity index (χ3n) is 2.72. The highest BCUT2D eigenvalue weighted by Crippen LogP contribution is 2.27. The number of ether oxygens (including phenoxy) is 1. The molecule has 1 amide bonds. The monoisotopic (exact) mass is 246 g/mol. The molecule has 18 heavy (non-hydrogen) atoms. The van der Waals surface area contributed by atoms with E-state index in [2.05, 4.69) is 25.2 Å². The molecule has 0 heterocycles. The fourth-order valence-electron chi connectivity index (χ4n) is 1.75. The van der Waals surface area contributed by atoms with E-state index in [1.165, 1.54) is 6.07 Å². The number of carbonyl (C=O) groups is 1. The molecule has 0 fully saturated rings. The Bertz CT molecular complexity index is 461. The number of rotatable bonds is 5. The molecule has 96 valence electrons. The van der Waals surface area contributed by atoms with Crippen molar-refractivity contribution in [1.82, 2.24) is 5.32 Å². The Morgan fingerprint density at radius 3 is 2.78 bits per heavy atom. The summed E-state index contributed by atoms with van der Waals surface area (Å²) in [6, 6.07) is 7.53. The zero-order valence-corrected chi connectivity index (χ0v) is 11.0. The van der Waals surface area contributed by atoms with E-state index in [0.29, 0.717) is 18.9 Å². The molecule has 0 atom stereocenters. The standard InChI is InChI=1S/C14H18N2O2/c1-10(2)12-8-11(4-5-13(12)18-3)6-7-16-14(17)9-15/h4-5,8,10H,6-7H2,1-3H3,(H,16,17). The highest BCUT2D eigenvalue weighted by Gasteiger charge is 2.08. The van der Waals surface area contributed by atoms with Crippen molar-refractivity contribution < 1.29 is 9.53 Å². The molecule has 1 N–H and O–H groups in total. The topological polar surface area (TPSA) is 62.1 Å². The van der Waals surface area contributed by atoms with Gasteiger partial charge in [0.05, 0.1) is 7.11 Å². The Hall–Kier alpha value is -2.02. The minimum absolute atomic E-state index is 0.383. The van der Waals surface area contributed by atoms with Crippen LogP contribution < -0.4 is 10.1 Å². The summed E-state index contributed by atoms with van der Waals surface area (Å²) in [5.41, 5.74) is 2.28. The molecule has 0 saturated heterocycles. The average Bonchev–Trinajstić information content (AvgIpc) is 2.38. The van der Waals surface area contributed by atoms with Crippen molar-refractivity contribution in [2.45, 2.75) is 26.2 Å². The minimum atomic E-state index is -0.590. The second-order valence-electron chi connectivity index (χ2n) is 4.35. The molecule has 0 bridgehead atoms. The van der Waals surface area contributed by atoms with Gasteiger partial charge in [-0.25, -0.2) is 0 Å². The van der Waals surface area contributed by atoms with E-state index in [1.807, 2.05) is 12.1 Å². The Labute approximate surface area is 108 Å². The molecule has 4 heteroatoms. The van der Waals surface area contributed by atoms with Crippen LogP contribution in [0.2, 0.25) is 0 Å². The summed E-state index contributed by atoms with van der Waals surface area (Å²) in [6.45, 7) is 4.69. The highest BCUT2D eigenvalue weighted by molar-refractivity contribution is 5.91. The number of amides is 1. The number of nitrogens with one attached hydrogen (secondary N) is 1. The van der Waals surface area contributed by atoms with Crippen LogP contribution in [0.3, 0.4) is 0 Å². The molecule has 0 aliphatic heterocycles. The lowest BCUT2D eigenvalue weighted by molar-refractivity contribution is -0.115. The van der Waals surface area contributed by atoms with E-state index in [9.17, 15) is 4.79 Å². The first-order chi connectivity index (χ1) is 8.58. The van der Waals surface area contributed by atoms with Gasteiger partial charge in [0.1, 0.15) is 5.75 Å². The molecular formula is C14H18N2O2. The van der Waals surface area contributed by atoms with Gasteiger partial charge in [0.25, 0.3) is 0 Å². The summed E-state index contributed by atoms with van der Waals surface area (Å²) in [6.07, 6.45) is 0.705. The Morgan fingerprint density at radius 2 is 2.22 bits per heavy atom. The van der Waals surface area contributed by atoms with E-state index in [-0.39, 0.29) is 0 Å². The predicted molar refractivity (Wildman–Crippen MR) is 69.4 cm³/mol. The highest BCUT2D eigenvalue weighted by atomic mass is 16.5. The molecule has 4 nitrogen and oxygen atoms in total. The van der Waals surface area contributed by atoms with Gasteiger partial charge in [-0.05, 0) is 29.5 Å². The predicted octanol–water partition coefficient (Wildman–Crippen LogP) is 2.00. The van der Waals surface area contributed by atoms with E-state index in [0.717, 1.165) is 16.9 Å². The maximum absolute atomic E-state index is 10.8. The van der Waals surface area contributed by atoms with Gasteiger partial charge in [0.15, 0.2) is 6.07 Å². The third-order valence-corrected chi connectivity index (χ3v) is 2.72. The largest absolute Gasteiger partial charge is 0.496 e. The van der Waals surface area contributed by atoms with Crippen LogP contribution in [0.5, 0.6) is 5.75 Å². The van der Waals surface area contributed by atoms with Crippen LogP contribution in [0.4, 0.5) is 0 Å². The molecular weight excluding hydrogens is 228 g/mol. The number of hydrogen-bond donors (Lipinski definition) is 1. The molecule has 1 aromatic rings. The first-order valence-corrected chi connectivity index (χ1v) is 5.93. The molecule has 0 radical (unpaired) electrons. The van der Waals surface area contributed by atoms with Gasteiger partial charge in [-0.3, -0.25) is 4.79 Å². The van der Waals surface area contributed by atoms with Crippen molar-refractivity contribution in [2.24, 2.45) is 0 Å². The zero-order valence-electron chi connectivity index (χ0n) is 11.0. The SMILES string of the molecule is COc1ccc(CCNC(=O)C#N)cc1C(C)C. The summed E-state index contributed by atoms with van der Waals surface area (Å²) in [5.74, 6) is 0.677. The van der Waals surface area contributed by atoms with Crippen LogP contribution in [0, 0.1) is 11.3 Å². The first-order valence-electron chi connectivity index (χ1n) is 5.93. The lowest BCUT2D eigenvalue weighted by Gasteiger charge is -2.13. The normalized spacial score (nSPS) is 9.94. The van der Waals surface area contributed by atoms with Gasteiger partial charge in [0.2, 0.25) is 0 Å². The van der Waals surface area contributed by atoms with Crippen LogP contribution in [0.15, 0.2) is 18.2 Å². The lowest BCUT2D eigenvalue weighted by atomic mass is 9.98. The number of hydrogen-bond acceptors (Lipinski definition) is 3. The molecule has 0 aromatic heterocycles.